The molecular weight excluding hydrogens is 595 g/mol. The van der Waals surface area contributed by atoms with Crippen LogP contribution in [0.15, 0.2) is 41.4 Å². The summed E-state index contributed by atoms with van der Waals surface area (Å²) in [5, 5.41) is 10.6. The predicted octanol–water partition coefficient (Wildman–Crippen LogP) is 4.42. The molecule has 2 aliphatic heterocycles. The summed E-state index contributed by atoms with van der Waals surface area (Å²) in [7, 11) is 2.47. The van der Waals surface area contributed by atoms with Gasteiger partial charge in [0.1, 0.15) is 5.92 Å². The zero-order valence-corrected chi connectivity index (χ0v) is 24.5. The van der Waals surface area contributed by atoms with Crippen LogP contribution in [0, 0.1) is 17.6 Å². The van der Waals surface area contributed by atoms with E-state index in [1.54, 1.807) is 6.07 Å². The molecule has 3 N–H and O–H groups in total. The number of carbonyl (C=O) groups is 3. The number of hydrogen-bond donors (Lipinski definition) is 3. The molecule has 2 aromatic rings. The van der Waals surface area contributed by atoms with Crippen molar-refractivity contribution in [1.82, 2.24) is 20.9 Å². The van der Waals surface area contributed by atoms with E-state index in [2.05, 4.69) is 20.9 Å². The van der Waals surface area contributed by atoms with Crippen LogP contribution in [-0.2, 0) is 14.3 Å². The van der Waals surface area contributed by atoms with E-state index in [0.717, 1.165) is 49.1 Å². The minimum atomic E-state index is -1.36. The Labute approximate surface area is 251 Å². The second-order valence-corrected chi connectivity index (χ2v) is 10.8. The van der Waals surface area contributed by atoms with E-state index in [1.807, 2.05) is 12.1 Å². The summed E-state index contributed by atoms with van der Waals surface area (Å²) in [6, 6.07) is 5.28. The van der Waals surface area contributed by atoms with Crippen molar-refractivity contribution in [2.24, 2.45) is 10.9 Å². The fourth-order valence-electron chi connectivity index (χ4n) is 5.27. The van der Waals surface area contributed by atoms with Gasteiger partial charge >= 0.3 is 18.0 Å². The summed E-state index contributed by atoms with van der Waals surface area (Å²) in [6.07, 6.45) is 1.60. The van der Waals surface area contributed by atoms with E-state index >= 15 is 0 Å². The first-order valence-corrected chi connectivity index (χ1v) is 14.0. The molecule has 0 radical (unpaired) electrons. The lowest BCUT2D eigenvalue weighted by atomic mass is 9.86. The lowest BCUT2D eigenvalue weighted by Crippen LogP contribution is -2.54. The van der Waals surface area contributed by atoms with Gasteiger partial charge < -0.3 is 25.4 Å². The Hall–Kier alpha value is -3.16. The number of imide groups is 1. The fourth-order valence-corrected chi connectivity index (χ4v) is 5.82. The highest BCUT2D eigenvalue weighted by Crippen LogP contribution is 2.36. The van der Waals surface area contributed by atoms with E-state index in [-0.39, 0.29) is 36.5 Å². The summed E-state index contributed by atoms with van der Waals surface area (Å²) in [5.74, 6) is -4.45. The summed E-state index contributed by atoms with van der Waals surface area (Å²) in [4.78, 5) is 43.9. The van der Waals surface area contributed by atoms with E-state index < -0.39 is 41.6 Å². The second kappa shape index (κ2) is 14.3. The van der Waals surface area contributed by atoms with Crippen LogP contribution in [0.25, 0.3) is 0 Å². The molecule has 2 heterocycles. The molecule has 0 saturated carbocycles. The van der Waals surface area contributed by atoms with E-state index in [1.165, 1.54) is 13.2 Å². The van der Waals surface area contributed by atoms with Crippen molar-refractivity contribution in [2.75, 3.05) is 40.5 Å². The lowest BCUT2D eigenvalue weighted by Gasteiger charge is -2.37. The largest absolute Gasteiger partial charge is 0.468 e. The standard InChI is InChI=1S/C28H31Cl2F2N5O5/c1-41-14-23-24(26(38)42-2)25(15-3-4-20(31)21(32)11-15)37(28(40)36-23)27(39)35-8-7-33-19-5-6-34-22(13-19)16-9-17(29)12-18(30)10-16/h3-4,9-12,19,22,24-25,33-34H,5-8,13-14H2,1-2H3,(H,35,39). The number of urea groups is 2. The Kier molecular flexibility index (Phi) is 10.8. The van der Waals surface area contributed by atoms with Crippen molar-refractivity contribution in [3.05, 3.63) is 69.2 Å². The van der Waals surface area contributed by atoms with Gasteiger partial charge in [-0.25, -0.2) is 23.3 Å². The molecule has 10 nitrogen and oxygen atoms in total. The predicted molar refractivity (Wildman–Crippen MR) is 153 cm³/mol. The number of nitrogens with one attached hydrogen (secondary N) is 3. The molecule has 14 heteroatoms. The molecule has 0 bridgehead atoms. The summed E-state index contributed by atoms with van der Waals surface area (Å²) < 4.78 is 38.0. The van der Waals surface area contributed by atoms with Gasteiger partial charge in [-0.1, -0.05) is 29.3 Å². The monoisotopic (exact) mass is 625 g/mol. The maximum absolute atomic E-state index is 14.2. The van der Waals surface area contributed by atoms with Crippen molar-refractivity contribution in [1.29, 1.82) is 0 Å². The molecule has 1 fully saturated rings. The van der Waals surface area contributed by atoms with Gasteiger partial charge in [0.25, 0.3) is 0 Å². The first-order chi connectivity index (χ1) is 20.1. The SMILES string of the molecule is COCC1=NC(=O)N(C(=O)NCCNC2CCNC(c3cc(Cl)cc(Cl)c3)C2)C(c2ccc(F)c(F)c2)C1C(=O)OC. The van der Waals surface area contributed by atoms with Crippen LogP contribution in [-0.4, -0.2) is 75.1 Å². The topological polar surface area (TPSA) is 121 Å². The number of benzene rings is 2. The zero-order valence-electron chi connectivity index (χ0n) is 23.0. The number of carbonyl (C=O) groups excluding carboxylic acids is 3. The summed E-state index contributed by atoms with van der Waals surface area (Å²) >= 11 is 12.3. The Morgan fingerprint density at radius 1 is 1.07 bits per heavy atom. The third-order valence-electron chi connectivity index (χ3n) is 7.17. The quantitative estimate of drug-likeness (QED) is 0.279. The normalized spacial score (nSPS) is 22.5. The maximum atomic E-state index is 14.2. The number of nitrogens with zero attached hydrogens (tertiary/aromatic N) is 2. The number of esters is 1. The van der Waals surface area contributed by atoms with Gasteiger partial charge in [-0.05, 0) is 60.8 Å². The average molecular weight is 626 g/mol. The van der Waals surface area contributed by atoms with Crippen LogP contribution in [0.2, 0.25) is 10.0 Å². The molecule has 2 aliphatic rings. The lowest BCUT2D eigenvalue weighted by molar-refractivity contribution is -0.144. The minimum absolute atomic E-state index is 0.00347. The molecule has 4 amide bonds. The number of piperidine rings is 1. The molecule has 4 atom stereocenters. The second-order valence-electron chi connectivity index (χ2n) is 9.92. The van der Waals surface area contributed by atoms with Crippen molar-refractivity contribution < 1.29 is 32.6 Å². The molecule has 42 heavy (non-hydrogen) atoms. The number of aliphatic imine (C=N–C) groups is 1. The molecular formula is C28H31Cl2F2N5O5. The van der Waals surface area contributed by atoms with Gasteiger partial charge in [0.2, 0.25) is 0 Å². The Morgan fingerprint density at radius 2 is 1.81 bits per heavy atom. The summed E-state index contributed by atoms with van der Waals surface area (Å²) in [6.45, 7) is 1.04. The highest BCUT2D eigenvalue weighted by Gasteiger charge is 2.47. The molecule has 0 aromatic heterocycles. The number of methoxy groups -OCH3 is 2. The smallest absolute Gasteiger partial charge is 0.352 e. The Bertz CT molecular complexity index is 1340. The van der Waals surface area contributed by atoms with E-state index in [9.17, 15) is 23.2 Å². The van der Waals surface area contributed by atoms with Crippen molar-refractivity contribution in [2.45, 2.75) is 31.0 Å². The third-order valence-corrected chi connectivity index (χ3v) is 7.61. The van der Waals surface area contributed by atoms with Gasteiger partial charge in [-0.3, -0.25) is 4.79 Å². The molecule has 0 spiro atoms. The maximum Gasteiger partial charge on any atom is 0.352 e. The Balaban J connectivity index is 1.45. The van der Waals surface area contributed by atoms with Crippen molar-refractivity contribution in [3.63, 3.8) is 0 Å². The van der Waals surface area contributed by atoms with Crippen LogP contribution in [0.1, 0.15) is 36.1 Å². The Morgan fingerprint density at radius 3 is 2.48 bits per heavy atom. The van der Waals surface area contributed by atoms with Gasteiger partial charge in [0.05, 0.1) is 25.5 Å². The number of hydrogen-bond acceptors (Lipinski definition) is 7. The minimum Gasteiger partial charge on any atom is -0.468 e. The first-order valence-electron chi connectivity index (χ1n) is 13.3. The highest BCUT2D eigenvalue weighted by atomic mass is 35.5. The third kappa shape index (κ3) is 7.42. The van der Waals surface area contributed by atoms with E-state index in [0.29, 0.717) is 16.6 Å². The molecule has 4 unspecified atom stereocenters. The van der Waals surface area contributed by atoms with Gasteiger partial charge in [0.15, 0.2) is 11.6 Å². The molecule has 0 aliphatic carbocycles. The van der Waals surface area contributed by atoms with Crippen molar-refractivity contribution >= 4 is 46.9 Å². The zero-order chi connectivity index (χ0) is 30.4. The van der Waals surface area contributed by atoms with Gasteiger partial charge in [0, 0.05) is 42.3 Å². The number of rotatable bonds is 9. The number of amides is 4. The van der Waals surface area contributed by atoms with Gasteiger partial charge in [-0.15, -0.1) is 0 Å². The molecule has 1 saturated heterocycles. The number of ether oxygens (including phenoxy) is 2. The first kappa shape index (κ1) is 31.8. The van der Waals surface area contributed by atoms with Gasteiger partial charge in [-0.2, -0.15) is 4.99 Å². The van der Waals surface area contributed by atoms with E-state index in [4.69, 9.17) is 32.7 Å². The molecule has 226 valence electrons. The van der Waals surface area contributed by atoms with Crippen LogP contribution < -0.4 is 16.0 Å². The van der Waals surface area contributed by atoms with Crippen LogP contribution in [0.4, 0.5) is 18.4 Å². The fraction of sp³-hybridized carbons (Fsp3) is 0.429. The van der Waals surface area contributed by atoms with Crippen LogP contribution >= 0.6 is 23.2 Å². The van der Waals surface area contributed by atoms with Crippen molar-refractivity contribution in [3.8, 4) is 0 Å². The van der Waals surface area contributed by atoms with Crippen LogP contribution in [0.3, 0.4) is 0 Å². The number of halogens is 4. The summed E-state index contributed by atoms with van der Waals surface area (Å²) in [5.41, 5.74) is 0.986. The highest BCUT2D eigenvalue weighted by molar-refractivity contribution is 6.34. The van der Waals surface area contributed by atoms with Crippen LogP contribution in [0.5, 0.6) is 0 Å². The molecule has 4 rings (SSSR count). The molecule has 2 aromatic carbocycles. The average Bonchev–Trinajstić information content (AvgIpc) is 2.96.